The van der Waals surface area contributed by atoms with Gasteiger partial charge in [-0.3, -0.25) is 0 Å². The molecule has 0 saturated heterocycles. The Kier molecular flexibility index (Phi) is 4.07. The van der Waals surface area contributed by atoms with Crippen molar-refractivity contribution >= 4 is 11.9 Å². The van der Waals surface area contributed by atoms with Gasteiger partial charge in [0.2, 0.25) is 11.9 Å². The van der Waals surface area contributed by atoms with E-state index in [1.165, 1.54) is 19.2 Å². The van der Waals surface area contributed by atoms with Gasteiger partial charge in [0, 0.05) is 13.6 Å². The summed E-state index contributed by atoms with van der Waals surface area (Å²) in [5.74, 6) is 0.539. The van der Waals surface area contributed by atoms with Crippen LogP contribution in [0.1, 0.15) is 5.56 Å². The minimum absolute atomic E-state index is 0.223. The first-order valence-electron chi connectivity index (χ1n) is 5.67. The summed E-state index contributed by atoms with van der Waals surface area (Å²) in [4.78, 5) is 12.2. The molecule has 1 heterocycles. The predicted octanol–water partition coefficient (Wildman–Crippen LogP) is 1.67. The Bertz CT molecular complexity index is 524. The van der Waals surface area contributed by atoms with Gasteiger partial charge in [0.25, 0.3) is 0 Å². The summed E-state index contributed by atoms with van der Waals surface area (Å²) in [6.07, 6.45) is 0. The minimum Gasteiger partial charge on any atom is -0.467 e. The van der Waals surface area contributed by atoms with E-state index >= 15 is 0 Å². The first kappa shape index (κ1) is 13.0. The summed E-state index contributed by atoms with van der Waals surface area (Å²) >= 11 is 0. The van der Waals surface area contributed by atoms with Gasteiger partial charge >= 0.3 is 6.01 Å². The number of nitrogens with zero attached hydrogens (tertiary/aromatic N) is 3. The lowest BCUT2D eigenvalue weighted by Crippen LogP contribution is -2.08. The number of hydrogen-bond acceptors (Lipinski definition) is 6. The summed E-state index contributed by atoms with van der Waals surface area (Å²) in [5, 5.41) is 5.84. The standard InChI is InChI=1S/C12H14FN5O/c1-14-10-16-11(18-12(17-10)19-2)15-7-8-3-5-9(13)6-4-8/h3-6H,7H2,1-2H3,(H2,14,15,16,17,18). The van der Waals surface area contributed by atoms with Crippen molar-refractivity contribution < 1.29 is 9.13 Å². The highest BCUT2D eigenvalue weighted by molar-refractivity contribution is 5.36. The second kappa shape index (κ2) is 5.94. The van der Waals surface area contributed by atoms with Crippen LogP contribution in [-0.2, 0) is 6.54 Å². The average Bonchev–Trinajstić information content (AvgIpc) is 2.46. The molecule has 0 amide bonds. The van der Waals surface area contributed by atoms with Crippen molar-refractivity contribution in [2.45, 2.75) is 6.54 Å². The summed E-state index contributed by atoms with van der Waals surface area (Å²) in [6.45, 7) is 0.483. The minimum atomic E-state index is -0.261. The van der Waals surface area contributed by atoms with Crippen molar-refractivity contribution in [2.24, 2.45) is 0 Å². The van der Waals surface area contributed by atoms with Crippen LogP contribution in [0.4, 0.5) is 16.3 Å². The highest BCUT2D eigenvalue weighted by Gasteiger charge is 2.05. The number of nitrogens with one attached hydrogen (secondary N) is 2. The average molecular weight is 263 g/mol. The maximum absolute atomic E-state index is 12.8. The highest BCUT2D eigenvalue weighted by atomic mass is 19.1. The first-order chi connectivity index (χ1) is 9.21. The van der Waals surface area contributed by atoms with Gasteiger partial charge in [-0.2, -0.15) is 15.0 Å². The fraction of sp³-hybridized carbons (Fsp3) is 0.250. The summed E-state index contributed by atoms with van der Waals surface area (Å²) in [7, 11) is 3.19. The zero-order valence-corrected chi connectivity index (χ0v) is 10.6. The quantitative estimate of drug-likeness (QED) is 0.855. The molecular weight excluding hydrogens is 249 g/mol. The molecule has 2 aromatic rings. The van der Waals surface area contributed by atoms with Gasteiger partial charge in [-0.25, -0.2) is 4.39 Å². The van der Waals surface area contributed by atoms with E-state index in [-0.39, 0.29) is 11.8 Å². The molecule has 2 rings (SSSR count). The fourth-order valence-corrected chi connectivity index (χ4v) is 1.42. The molecule has 0 bridgehead atoms. The normalized spacial score (nSPS) is 10.1. The Balaban J connectivity index is 2.08. The smallest absolute Gasteiger partial charge is 0.322 e. The number of aromatic nitrogens is 3. The van der Waals surface area contributed by atoms with E-state index in [1.54, 1.807) is 19.2 Å². The van der Waals surface area contributed by atoms with Crippen LogP contribution < -0.4 is 15.4 Å². The van der Waals surface area contributed by atoms with Gasteiger partial charge in [-0.05, 0) is 17.7 Å². The maximum atomic E-state index is 12.8. The number of anilines is 2. The lowest BCUT2D eigenvalue weighted by atomic mass is 10.2. The number of rotatable bonds is 5. The number of benzene rings is 1. The molecule has 7 heteroatoms. The van der Waals surface area contributed by atoms with Crippen molar-refractivity contribution in [1.29, 1.82) is 0 Å². The Morgan fingerprint density at radius 3 is 2.42 bits per heavy atom. The fourth-order valence-electron chi connectivity index (χ4n) is 1.42. The molecule has 0 fully saturated rings. The third-order valence-corrected chi connectivity index (χ3v) is 2.38. The van der Waals surface area contributed by atoms with Gasteiger partial charge in [0.15, 0.2) is 0 Å². The third-order valence-electron chi connectivity index (χ3n) is 2.38. The van der Waals surface area contributed by atoms with Crippen LogP contribution in [0, 0.1) is 5.82 Å². The Morgan fingerprint density at radius 1 is 1.11 bits per heavy atom. The maximum Gasteiger partial charge on any atom is 0.322 e. The van der Waals surface area contributed by atoms with E-state index in [2.05, 4.69) is 25.6 Å². The van der Waals surface area contributed by atoms with E-state index in [0.717, 1.165) is 5.56 Å². The molecule has 2 N–H and O–H groups in total. The Morgan fingerprint density at radius 2 is 1.79 bits per heavy atom. The van der Waals surface area contributed by atoms with Crippen LogP contribution >= 0.6 is 0 Å². The molecule has 0 aliphatic rings. The SMILES string of the molecule is CNc1nc(NCc2ccc(F)cc2)nc(OC)n1. The number of methoxy groups -OCH3 is 1. The molecule has 0 radical (unpaired) electrons. The van der Waals surface area contributed by atoms with Crippen LogP contribution in [-0.4, -0.2) is 29.1 Å². The van der Waals surface area contributed by atoms with Crippen LogP contribution in [0.2, 0.25) is 0 Å². The lowest BCUT2D eigenvalue weighted by Gasteiger charge is -2.07. The molecule has 0 atom stereocenters. The van der Waals surface area contributed by atoms with E-state index in [1.807, 2.05) is 0 Å². The number of ether oxygens (including phenoxy) is 1. The van der Waals surface area contributed by atoms with Gasteiger partial charge in [-0.1, -0.05) is 12.1 Å². The van der Waals surface area contributed by atoms with Crippen LogP contribution in [0.15, 0.2) is 24.3 Å². The topological polar surface area (TPSA) is 72.0 Å². The zero-order chi connectivity index (χ0) is 13.7. The third kappa shape index (κ3) is 3.51. The van der Waals surface area contributed by atoms with E-state index in [9.17, 15) is 4.39 Å². The van der Waals surface area contributed by atoms with Crippen LogP contribution in [0.3, 0.4) is 0 Å². The zero-order valence-electron chi connectivity index (χ0n) is 10.6. The molecule has 100 valence electrons. The highest BCUT2D eigenvalue weighted by Crippen LogP contribution is 2.11. The molecule has 0 aliphatic heterocycles. The van der Waals surface area contributed by atoms with E-state index < -0.39 is 0 Å². The molecule has 0 spiro atoms. The number of halogens is 1. The summed E-state index contributed by atoms with van der Waals surface area (Å²) in [5.41, 5.74) is 0.923. The first-order valence-corrected chi connectivity index (χ1v) is 5.67. The van der Waals surface area contributed by atoms with E-state index in [0.29, 0.717) is 18.4 Å². The summed E-state index contributed by atoms with van der Waals surface area (Å²) < 4.78 is 17.7. The van der Waals surface area contributed by atoms with Crippen molar-refractivity contribution in [3.8, 4) is 6.01 Å². The molecular formula is C12H14FN5O. The van der Waals surface area contributed by atoms with Crippen molar-refractivity contribution in [1.82, 2.24) is 15.0 Å². The summed E-state index contributed by atoms with van der Waals surface area (Å²) in [6, 6.07) is 6.43. The van der Waals surface area contributed by atoms with Gasteiger partial charge in [0.05, 0.1) is 7.11 Å². The number of hydrogen-bond donors (Lipinski definition) is 2. The second-order valence-electron chi connectivity index (χ2n) is 3.70. The lowest BCUT2D eigenvalue weighted by molar-refractivity contribution is 0.379. The van der Waals surface area contributed by atoms with Crippen molar-refractivity contribution in [2.75, 3.05) is 24.8 Å². The second-order valence-corrected chi connectivity index (χ2v) is 3.70. The largest absolute Gasteiger partial charge is 0.467 e. The molecule has 6 nitrogen and oxygen atoms in total. The molecule has 0 unspecified atom stereocenters. The predicted molar refractivity (Wildman–Crippen MR) is 69.7 cm³/mol. The van der Waals surface area contributed by atoms with Gasteiger partial charge < -0.3 is 15.4 Å². The Hall–Kier alpha value is -2.44. The van der Waals surface area contributed by atoms with Gasteiger partial charge in [-0.15, -0.1) is 0 Å². The molecule has 0 saturated carbocycles. The molecule has 19 heavy (non-hydrogen) atoms. The molecule has 1 aromatic heterocycles. The van der Waals surface area contributed by atoms with Crippen LogP contribution in [0.5, 0.6) is 6.01 Å². The molecule has 1 aromatic carbocycles. The Labute approximate surface area is 110 Å². The van der Waals surface area contributed by atoms with E-state index in [4.69, 9.17) is 4.74 Å². The van der Waals surface area contributed by atoms with Crippen LogP contribution in [0.25, 0.3) is 0 Å². The molecule has 0 aliphatic carbocycles. The monoisotopic (exact) mass is 263 g/mol. The van der Waals surface area contributed by atoms with Crippen molar-refractivity contribution in [3.63, 3.8) is 0 Å². The van der Waals surface area contributed by atoms with Crippen molar-refractivity contribution in [3.05, 3.63) is 35.6 Å². The van der Waals surface area contributed by atoms with Gasteiger partial charge in [0.1, 0.15) is 5.82 Å².